The average molecular weight is 322 g/mol. The molecule has 1 rings (SSSR count). The summed E-state index contributed by atoms with van der Waals surface area (Å²) in [4.78, 5) is 2.15. The quantitative estimate of drug-likeness (QED) is 0.916. The van der Waals surface area contributed by atoms with E-state index >= 15 is 0 Å². The van der Waals surface area contributed by atoms with Crippen molar-refractivity contribution < 1.29 is 0 Å². The van der Waals surface area contributed by atoms with Crippen LogP contribution >= 0.6 is 31.9 Å². The predicted octanol–water partition coefficient (Wildman–Crippen LogP) is 3.19. The second-order valence-corrected chi connectivity index (χ2v) is 5.12. The maximum absolute atomic E-state index is 3.50. The van der Waals surface area contributed by atoms with E-state index in [-0.39, 0.29) is 0 Å². The number of halogens is 2. The van der Waals surface area contributed by atoms with Crippen molar-refractivity contribution in [3.05, 3.63) is 27.1 Å². The molecule has 78 valence electrons. The summed E-state index contributed by atoms with van der Waals surface area (Å²) >= 11 is 6.95. The largest absolute Gasteiger partial charge is 0.383 e. The van der Waals surface area contributed by atoms with Gasteiger partial charge in [-0.3, -0.25) is 0 Å². The van der Waals surface area contributed by atoms with Gasteiger partial charge in [0, 0.05) is 27.7 Å². The fourth-order valence-electron chi connectivity index (χ4n) is 1.05. The van der Waals surface area contributed by atoms with Crippen LogP contribution in [-0.2, 0) is 0 Å². The molecule has 1 aromatic carbocycles. The van der Waals surface area contributed by atoms with E-state index in [0.717, 1.165) is 27.7 Å². The molecule has 0 aliphatic rings. The topological polar surface area (TPSA) is 15.3 Å². The summed E-state index contributed by atoms with van der Waals surface area (Å²) in [5, 5.41) is 3.37. The van der Waals surface area contributed by atoms with Crippen LogP contribution < -0.4 is 5.32 Å². The smallest absolute Gasteiger partial charge is 0.0496 e. The summed E-state index contributed by atoms with van der Waals surface area (Å²) in [5.74, 6) is 0. The second-order valence-electron chi connectivity index (χ2n) is 3.35. The van der Waals surface area contributed by atoms with E-state index in [1.165, 1.54) is 0 Å². The number of hydrogen-bond acceptors (Lipinski definition) is 2. The maximum Gasteiger partial charge on any atom is 0.0496 e. The Labute approximate surface area is 102 Å². The lowest BCUT2D eigenvalue weighted by atomic mass is 10.3. The van der Waals surface area contributed by atoms with E-state index in [2.05, 4.69) is 62.2 Å². The molecule has 0 saturated heterocycles. The molecule has 0 atom stereocenters. The van der Waals surface area contributed by atoms with E-state index in [0.29, 0.717) is 0 Å². The summed E-state index contributed by atoms with van der Waals surface area (Å²) in [7, 11) is 4.13. The molecule has 2 nitrogen and oxygen atoms in total. The molecule has 0 aromatic heterocycles. The first-order valence-electron chi connectivity index (χ1n) is 4.43. The van der Waals surface area contributed by atoms with Gasteiger partial charge in [0.25, 0.3) is 0 Å². The minimum absolute atomic E-state index is 0.946. The average Bonchev–Trinajstić information content (AvgIpc) is 2.10. The predicted molar refractivity (Wildman–Crippen MR) is 68.9 cm³/mol. The number of likely N-dealkylation sites (N-methyl/N-ethyl adjacent to an activating group) is 1. The SMILES string of the molecule is CN(C)CCNc1cc(Br)ccc1Br. The van der Waals surface area contributed by atoms with Gasteiger partial charge in [-0.1, -0.05) is 15.9 Å². The maximum atomic E-state index is 3.50. The third-order valence-corrected chi connectivity index (χ3v) is 2.99. The van der Waals surface area contributed by atoms with Crippen LogP contribution in [0.4, 0.5) is 5.69 Å². The first-order valence-corrected chi connectivity index (χ1v) is 6.02. The summed E-state index contributed by atoms with van der Waals surface area (Å²) < 4.78 is 2.19. The summed E-state index contributed by atoms with van der Waals surface area (Å²) in [6.07, 6.45) is 0. The van der Waals surface area contributed by atoms with Crippen molar-refractivity contribution in [3.8, 4) is 0 Å². The normalized spacial score (nSPS) is 10.6. The van der Waals surface area contributed by atoms with Gasteiger partial charge >= 0.3 is 0 Å². The highest BCUT2D eigenvalue weighted by atomic mass is 79.9. The number of rotatable bonds is 4. The molecule has 1 aromatic rings. The van der Waals surface area contributed by atoms with Gasteiger partial charge in [-0.2, -0.15) is 0 Å². The van der Waals surface area contributed by atoms with Crippen molar-refractivity contribution in [1.29, 1.82) is 0 Å². The van der Waals surface area contributed by atoms with E-state index in [4.69, 9.17) is 0 Å². The lowest BCUT2D eigenvalue weighted by Crippen LogP contribution is -2.20. The molecule has 14 heavy (non-hydrogen) atoms. The van der Waals surface area contributed by atoms with Crippen LogP contribution in [0.1, 0.15) is 0 Å². The summed E-state index contributed by atoms with van der Waals surface area (Å²) in [5.41, 5.74) is 1.13. The van der Waals surface area contributed by atoms with Crippen LogP contribution in [0.5, 0.6) is 0 Å². The fourth-order valence-corrected chi connectivity index (χ4v) is 1.80. The van der Waals surface area contributed by atoms with Crippen molar-refractivity contribution in [2.24, 2.45) is 0 Å². The molecule has 0 radical (unpaired) electrons. The van der Waals surface area contributed by atoms with Crippen LogP contribution in [0, 0.1) is 0 Å². The molecule has 0 bridgehead atoms. The van der Waals surface area contributed by atoms with Crippen molar-refractivity contribution in [2.75, 3.05) is 32.5 Å². The Morgan fingerprint density at radius 3 is 2.64 bits per heavy atom. The zero-order valence-corrected chi connectivity index (χ0v) is 11.5. The molecule has 0 saturated carbocycles. The van der Waals surface area contributed by atoms with Gasteiger partial charge in [0.1, 0.15) is 0 Å². The van der Waals surface area contributed by atoms with E-state index in [9.17, 15) is 0 Å². The Bertz CT molecular complexity index is 300. The van der Waals surface area contributed by atoms with Crippen LogP contribution in [0.3, 0.4) is 0 Å². The van der Waals surface area contributed by atoms with Crippen molar-refractivity contribution in [3.63, 3.8) is 0 Å². The third-order valence-electron chi connectivity index (χ3n) is 1.80. The molecule has 0 aliphatic carbocycles. The lowest BCUT2D eigenvalue weighted by molar-refractivity contribution is 0.425. The molecule has 0 fully saturated rings. The van der Waals surface area contributed by atoms with Crippen molar-refractivity contribution >= 4 is 37.5 Å². The highest BCUT2D eigenvalue weighted by Crippen LogP contribution is 2.25. The molecular formula is C10H14Br2N2. The van der Waals surface area contributed by atoms with Gasteiger partial charge in [0.2, 0.25) is 0 Å². The zero-order chi connectivity index (χ0) is 10.6. The molecule has 4 heteroatoms. The zero-order valence-electron chi connectivity index (χ0n) is 8.35. The highest BCUT2D eigenvalue weighted by Gasteiger charge is 1.99. The number of anilines is 1. The monoisotopic (exact) mass is 320 g/mol. The molecule has 0 heterocycles. The third kappa shape index (κ3) is 3.98. The summed E-state index contributed by atoms with van der Waals surface area (Å²) in [6, 6.07) is 6.11. The van der Waals surface area contributed by atoms with E-state index in [1.807, 2.05) is 12.1 Å². The Morgan fingerprint density at radius 2 is 2.00 bits per heavy atom. The van der Waals surface area contributed by atoms with Crippen LogP contribution in [0.15, 0.2) is 27.1 Å². The first-order chi connectivity index (χ1) is 6.59. The van der Waals surface area contributed by atoms with Crippen LogP contribution in [0.25, 0.3) is 0 Å². The van der Waals surface area contributed by atoms with Gasteiger partial charge in [0.05, 0.1) is 0 Å². The van der Waals surface area contributed by atoms with Gasteiger partial charge in [-0.15, -0.1) is 0 Å². The standard InChI is InChI=1S/C10H14Br2N2/c1-14(2)6-5-13-10-7-8(11)3-4-9(10)12/h3-4,7,13H,5-6H2,1-2H3. The molecule has 1 N–H and O–H groups in total. The number of nitrogens with one attached hydrogen (secondary N) is 1. The van der Waals surface area contributed by atoms with Crippen LogP contribution in [0.2, 0.25) is 0 Å². The molecule has 0 unspecified atom stereocenters. The Hall–Kier alpha value is -0.0600. The number of hydrogen-bond donors (Lipinski definition) is 1. The van der Waals surface area contributed by atoms with E-state index in [1.54, 1.807) is 0 Å². The first kappa shape index (κ1) is 12.0. The second kappa shape index (κ2) is 5.73. The Balaban J connectivity index is 2.53. The van der Waals surface area contributed by atoms with Crippen molar-refractivity contribution in [1.82, 2.24) is 4.90 Å². The molecule has 0 spiro atoms. The minimum Gasteiger partial charge on any atom is -0.383 e. The number of benzene rings is 1. The summed E-state index contributed by atoms with van der Waals surface area (Å²) in [6.45, 7) is 1.97. The fraction of sp³-hybridized carbons (Fsp3) is 0.400. The van der Waals surface area contributed by atoms with Crippen molar-refractivity contribution in [2.45, 2.75) is 0 Å². The Kier molecular flexibility index (Phi) is 4.92. The van der Waals surface area contributed by atoms with Gasteiger partial charge in [-0.05, 0) is 48.2 Å². The highest BCUT2D eigenvalue weighted by molar-refractivity contribution is 9.11. The molecular weight excluding hydrogens is 308 g/mol. The lowest BCUT2D eigenvalue weighted by Gasteiger charge is -2.12. The van der Waals surface area contributed by atoms with Crippen LogP contribution in [-0.4, -0.2) is 32.1 Å². The number of nitrogens with zero attached hydrogens (tertiary/aromatic N) is 1. The molecule has 0 amide bonds. The van der Waals surface area contributed by atoms with Gasteiger partial charge in [-0.25, -0.2) is 0 Å². The van der Waals surface area contributed by atoms with Gasteiger partial charge in [0.15, 0.2) is 0 Å². The van der Waals surface area contributed by atoms with E-state index < -0.39 is 0 Å². The van der Waals surface area contributed by atoms with Gasteiger partial charge < -0.3 is 10.2 Å². The molecule has 0 aliphatic heterocycles. The minimum atomic E-state index is 0.946. The Morgan fingerprint density at radius 1 is 1.29 bits per heavy atom.